The molecule has 0 aliphatic rings. The molecule has 160 valence electrons. The van der Waals surface area contributed by atoms with E-state index in [1.165, 1.54) is 13.1 Å². The molecule has 0 aliphatic heterocycles. The van der Waals surface area contributed by atoms with E-state index in [0.29, 0.717) is 22.3 Å². The van der Waals surface area contributed by atoms with Gasteiger partial charge in [0.15, 0.2) is 0 Å². The van der Waals surface area contributed by atoms with Crippen LogP contribution < -0.4 is 24.5 Å². The molecule has 0 radical (unpaired) electrons. The van der Waals surface area contributed by atoms with E-state index < -0.39 is 15.8 Å². The zero-order chi connectivity index (χ0) is 22.0. The van der Waals surface area contributed by atoms with Crippen molar-refractivity contribution in [3.63, 3.8) is 0 Å². The number of benzene rings is 1. The highest BCUT2D eigenvalue weighted by Gasteiger charge is 2.19. The lowest BCUT2D eigenvalue weighted by Crippen LogP contribution is -2.26. The molecule has 0 saturated heterocycles. The van der Waals surface area contributed by atoms with Crippen molar-refractivity contribution >= 4 is 38.2 Å². The molecule has 1 aromatic carbocycles. The molecule has 4 rings (SSSR count). The molecule has 0 saturated carbocycles. The first-order chi connectivity index (χ1) is 14.9. The fraction of sp³-hybridized carbons (Fsp3) is 0.105. The van der Waals surface area contributed by atoms with Crippen LogP contribution in [0.25, 0.3) is 11.0 Å². The summed E-state index contributed by atoms with van der Waals surface area (Å²) in [5, 5.41) is 2.47. The summed E-state index contributed by atoms with van der Waals surface area (Å²) in [7, 11) is -2.46. The van der Waals surface area contributed by atoms with Crippen LogP contribution in [0.4, 0.5) is 5.69 Å². The predicted octanol–water partition coefficient (Wildman–Crippen LogP) is 3.41. The largest absolute Gasteiger partial charge is 0.436 e. The summed E-state index contributed by atoms with van der Waals surface area (Å²) in [6.45, 7) is 1.71. The van der Waals surface area contributed by atoms with Gasteiger partial charge in [0, 0.05) is 36.5 Å². The van der Waals surface area contributed by atoms with E-state index in [0.717, 1.165) is 11.3 Å². The van der Waals surface area contributed by atoms with Crippen molar-refractivity contribution in [2.75, 3.05) is 11.8 Å². The summed E-state index contributed by atoms with van der Waals surface area (Å²) in [6, 6.07) is 8.32. The Morgan fingerprint density at radius 2 is 1.90 bits per heavy atom. The molecule has 0 bridgehead atoms. The van der Waals surface area contributed by atoms with Crippen LogP contribution in [-0.4, -0.2) is 25.4 Å². The molecule has 0 amide bonds. The topological polar surface area (TPSA) is 133 Å². The molecule has 0 spiro atoms. The molecule has 3 aromatic heterocycles. The van der Waals surface area contributed by atoms with Gasteiger partial charge in [0.2, 0.25) is 10.8 Å². The van der Waals surface area contributed by atoms with E-state index in [9.17, 15) is 13.2 Å². The fourth-order valence-electron chi connectivity index (χ4n) is 2.68. The Bertz CT molecular complexity index is 1400. The van der Waals surface area contributed by atoms with E-state index in [1.807, 2.05) is 0 Å². The Morgan fingerprint density at radius 1 is 1.13 bits per heavy atom. The van der Waals surface area contributed by atoms with Crippen LogP contribution in [0.2, 0.25) is 0 Å². The van der Waals surface area contributed by atoms with Crippen molar-refractivity contribution in [2.45, 2.75) is 6.92 Å². The summed E-state index contributed by atoms with van der Waals surface area (Å²) in [5.74, 6) is 0.358. The van der Waals surface area contributed by atoms with Gasteiger partial charge in [0.05, 0.1) is 0 Å². The van der Waals surface area contributed by atoms with Crippen LogP contribution in [0, 0.1) is 6.92 Å². The van der Waals surface area contributed by atoms with E-state index in [-0.39, 0.29) is 22.5 Å². The smallest absolute Gasteiger partial charge is 0.380 e. The zero-order valence-corrected chi connectivity index (χ0v) is 17.9. The number of ether oxygens (including phenoxy) is 2. The van der Waals surface area contributed by atoms with Crippen LogP contribution in [0.1, 0.15) is 5.56 Å². The highest BCUT2D eigenvalue weighted by Crippen LogP contribution is 2.37. The number of thiophene rings is 1. The first-order valence-corrected chi connectivity index (χ1v) is 11.2. The molecule has 0 aliphatic carbocycles. The van der Waals surface area contributed by atoms with Gasteiger partial charge in [-0.25, -0.2) is 19.5 Å². The van der Waals surface area contributed by atoms with Crippen molar-refractivity contribution in [3.8, 4) is 22.6 Å². The van der Waals surface area contributed by atoms with E-state index in [2.05, 4.69) is 19.4 Å². The van der Waals surface area contributed by atoms with Gasteiger partial charge in [-0.05, 0) is 36.6 Å². The van der Waals surface area contributed by atoms with Gasteiger partial charge < -0.3 is 13.9 Å². The molecular formula is C19H16N4O6S2. The Labute approximate surface area is 180 Å². The Hall–Kier alpha value is -3.48. The maximum Gasteiger partial charge on any atom is 0.380 e. The molecule has 31 heavy (non-hydrogen) atoms. The van der Waals surface area contributed by atoms with Crippen LogP contribution in [0.5, 0.6) is 22.6 Å². The number of nitrogens with one attached hydrogen (secondary N) is 2. The van der Waals surface area contributed by atoms with Gasteiger partial charge in [-0.15, -0.1) is 11.3 Å². The third-order valence-corrected chi connectivity index (χ3v) is 5.99. The predicted molar refractivity (Wildman–Crippen MR) is 115 cm³/mol. The minimum absolute atomic E-state index is 0.0417. The van der Waals surface area contributed by atoms with E-state index >= 15 is 0 Å². The summed E-state index contributed by atoms with van der Waals surface area (Å²) >= 11 is 1.13. The maximum absolute atomic E-state index is 12.6. The molecular weight excluding hydrogens is 444 g/mol. The maximum atomic E-state index is 12.6. The second kappa shape index (κ2) is 8.34. The van der Waals surface area contributed by atoms with Gasteiger partial charge in [-0.2, -0.15) is 8.42 Å². The van der Waals surface area contributed by atoms with Crippen LogP contribution in [-0.2, 0) is 10.2 Å². The lowest BCUT2D eigenvalue weighted by atomic mass is 10.1. The number of rotatable bonds is 7. The number of hydrogen-bond acceptors (Lipinski definition) is 9. The van der Waals surface area contributed by atoms with Gasteiger partial charge in [-0.3, -0.25) is 4.72 Å². The van der Waals surface area contributed by atoms with Crippen LogP contribution in [0.15, 0.2) is 57.3 Å². The average Bonchev–Trinajstić information content (AvgIpc) is 3.17. The molecule has 0 atom stereocenters. The SMILES string of the molecule is CNS(=O)(=O)Nc1ccsc1Oc1c(C)c2ccc(Oc3ncccn3)cc2oc1=O. The molecule has 0 fully saturated rings. The third kappa shape index (κ3) is 4.50. The van der Waals surface area contributed by atoms with Crippen molar-refractivity contribution in [1.82, 2.24) is 14.7 Å². The first-order valence-electron chi connectivity index (χ1n) is 8.85. The minimum atomic E-state index is -3.74. The van der Waals surface area contributed by atoms with Crippen LogP contribution in [0.3, 0.4) is 0 Å². The second-order valence-corrected chi connectivity index (χ2v) is 8.67. The fourth-order valence-corrected chi connectivity index (χ4v) is 4.00. The van der Waals surface area contributed by atoms with Gasteiger partial charge >= 0.3 is 11.6 Å². The van der Waals surface area contributed by atoms with E-state index in [4.69, 9.17) is 13.9 Å². The molecule has 3 heterocycles. The van der Waals surface area contributed by atoms with E-state index in [1.54, 1.807) is 49.0 Å². The lowest BCUT2D eigenvalue weighted by Gasteiger charge is -2.11. The molecule has 2 N–H and O–H groups in total. The summed E-state index contributed by atoms with van der Waals surface area (Å²) in [6.07, 6.45) is 3.10. The van der Waals surface area contributed by atoms with Gasteiger partial charge in [-0.1, -0.05) is 0 Å². The standard InChI is InChI=1S/C19H16N4O6S2/c1-11-13-5-4-12(27-19-21-7-3-8-22-19)10-15(13)28-17(24)16(11)29-18-14(6-9-30-18)23-31(25,26)20-2/h3-10,20,23H,1-2H3. The molecule has 10 nitrogen and oxygen atoms in total. The van der Waals surface area contributed by atoms with Crippen molar-refractivity contribution < 1.29 is 22.3 Å². The Balaban J connectivity index is 1.67. The highest BCUT2D eigenvalue weighted by atomic mass is 32.2. The molecule has 12 heteroatoms. The molecule has 4 aromatic rings. The van der Waals surface area contributed by atoms with Crippen molar-refractivity contribution in [3.05, 3.63) is 64.1 Å². The van der Waals surface area contributed by atoms with Crippen LogP contribution >= 0.6 is 11.3 Å². The highest BCUT2D eigenvalue weighted by molar-refractivity contribution is 7.90. The number of anilines is 1. The minimum Gasteiger partial charge on any atom is -0.436 e. The average molecular weight is 460 g/mol. The van der Waals surface area contributed by atoms with Gasteiger partial charge in [0.25, 0.3) is 10.2 Å². The third-order valence-electron chi connectivity index (χ3n) is 4.17. The molecule has 0 unspecified atom stereocenters. The summed E-state index contributed by atoms with van der Waals surface area (Å²) in [4.78, 5) is 20.6. The van der Waals surface area contributed by atoms with Crippen molar-refractivity contribution in [1.29, 1.82) is 0 Å². The number of fused-ring (bicyclic) bond motifs is 1. The zero-order valence-electron chi connectivity index (χ0n) is 16.3. The Morgan fingerprint density at radius 3 is 2.65 bits per heavy atom. The summed E-state index contributed by atoms with van der Waals surface area (Å²) in [5.41, 5.74) is 0.314. The second-order valence-electron chi connectivity index (χ2n) is 6.17. The Kier molecular flexibility index (Phi) is 5.59. The normalized spacial score (nSPS) is 11.4. The van der Waals surface area contributed by atoms with Gasteiger partial charge in [0.1, 0.15) is 17.0 Å². The quantitative estimate of drug-likeness (QED) is 0.401. The first kappa shape index (κ1) is 20.8. The lowest BCUT2D eigenvalue weighted by molar-refractivity contribution is 0.434. The summed E-state index contributed by atoms with van der Waals surface area (Å²) < 4.78 is 44.7. The number of hydrogen-bond donors (Lipinski definition) is 2. The number of nitrogens with zero attached hydrogens (tertiary/aromatic N) is 2. The number of aryl methyl sites for hydroxylation is 1. The number of aromatic nitrogens is 2. The monoisotopic (exact) mass is 460 g/mol. The van der Waals surface area contributed by atoms with Crippen molar-refractivity contribution in [2.24, 2.45) is 0 Å².